The van der Waals surface area contributed by atoms with Crippen LogP contribution in [0.3, 0.4) is 0 Å². The summed E-state index contributed by atoms with van der Waals surface area (Å²) in [5.74, 6) is -0.420. The lowest BCUT2D eigenvalue weighted by molar-refractivity contribution is -0.125. The molecule has 2 amide bonds. The number of likely N-dealkylation sites (tertiary alicyclic amines) is 1. The molecule has 5 nitrogen and oxygen atoms in total. The third-order valence-corrected chi connectivity index (χ3v) is 5.47. The molecule has 1 unspecified atom stereocenters. The zero-order valence-corrected chi connectivity index (χ0v) is 17.4. The second-order valence-electron chi connectivity index (χ2n) is 7.02. The quantitative estimate of drug-likeness (QED) is 0.796. The van der Waals surface area contributed by atoms with Gasteiger partial charge in [-0.05, 0) is 42.7 Å². The largest absolute Gasteiger partial charge is 0.377 e. The van der Waals surface area contributed by atoms with Gasteiger partial charge >= 0.3 is 0 Å². The van der Waals surface area contributed by atoms with Gasteiger partial charge in [-0.3, -0.25) is 9.59 Å². The lowest BCUT2D eigenvalue weighted by Gasteiger charge is -2.25. The average Bonchev–Trinajstić information content (AvgIpc) is 3.17. The molecule has 1 aliphatic rings. The first-order chi connectivity index (χ1) is 13.4. The number of hydrogen-bond donors (Lipinski definition) is 1. The summed E-state index contributed by atoms with van der Waals surface area (Å²) in [5, 5.41) is 3.75. The molecule has 1 atom stereocenters. The number of benzene rings is 2. The zero-order chi connectivity index (χ0) is 20.3. The Bertz CT molecular complexity index is 886. The minimum atomic E-state index is -0.505. The number of nitrogens with one attached hydrogen (secondary N) is 1. The van der Waals surface area contributed by atoms with Gasteiger partial charge in [-0.2, -0.15) is 0 Å². The van der Waals surface area contributed by atoms with E-state index in [1.807, 2.05) is 43.3 Å². The number of carbonyl (C=O) groups excluding carboxylic acids is 2. The molecule has 1 aliphatic heterocycles. The van der Waals surface area contributed by atoms with Gasteiger partial charge in [0.25, 0.3) is 5.91 Å². The summed E-state index contributed by atoms with van der Waals surface area (Å²) in [6, 6.07) is 12.2. The van der Waals surface area contributed by atoms with E-state index in [2.05, 4.69) is 5.32 Å². The fraction of sp³-hybridized carbons (Fsp3) is 0.333. The third-order valence-electron chi connectivity index (χ3n) is 4.90. The van der Waals surface area contributed by atoms with Crippen molar-refractivity contribution in [2.45, 2.75) is 25.4 Å². The van der Waals surface area contributed by atoms with Crippen LogP contribution in [0, 0.1) is 0 Å². The number of carbonyl (C=O) groups is 2. The lowest BCUT2D eigenvalue weighted by atomic mass is 10.1. The van der Waals surface area contributed by atoms with E-state index in [-0.39, 0.29) is 11.8 Å². The minimum absolute atomic E-state index is 0.155. The molecule has 0 aromatic heterocycles. The van der Waals surface area contributed by atoms with Gasteiger partial charge in [0.2, 0.25) is 5.91 Å². The predicted molar refractivity (Wildman–Crippen MR) is 113 cm³/mol. The Hall–Kier alpha value is -2.24. The van der Waals surface area contributed by atoms with Crippen molar-refractivity contribution in [1.82, 2.24) is 10.2 Å². The van der Waals surface area contributed by atoms with E-state index in [0.717, 1.165) is 17.7 Å². The summed E-state index contributed by atoms with van der Waals surface area (Å²) < 4.78 is 0. The number of hydrogen-bond acceptors (Lipinski definition) is 3. The fourth-order valence-corrected chi connectivity index (χ4v) is 3.87. The van der Waals surface area contributed by atoms with E-state index in [4.69, 9.17) is 23.2 Å². The number of amides is 2. The normalized spacial score (nSPS) is 16.1. The Balaban J connectivity index is 1.71. The van der Waals surface area contributed by atoms with Crippen molar-refractivity contribution in [2.75, 3.05) is 25.5 Å². The minimum Gasteiger partial charge on any atom is -0.377 e. The molecule has 7 heteroatoms. The van der Waals surface area contributed by atoms with Crippen LogP contribution in [0.15, 0.2) is 42.5 Å². The van der Waals surface area contributed by atoms with Gasteiger partial charge in [-0.25, -0.2) is 0 Å². The molecule has 1 heterocycles. The van der Waals surface area contributed by atoms with Gasteiger partial charge in [0.05, 0.1) is 10.6 Å². The number of nitrogens with zero attached hydrogens (tertiary/aromatic N) is 2. The number of halogens is 2. The van der Waals surface area contributed by atoms with Crippen molar-refractivity contribution < 1.29 is 9.59 Å². The van der Waals surface area contributed by atoms with Gasteiger partial charge in [-0.15, -0.1) is 0 Å². The average molecular weight is 420 g/mol. The van der Waals surface area contributed by atoms with Crippen LogP contribution in [-0.2, 0) is 11.3 Å². The lowest BCUT2D eigenvalue weighted by Crippen LogP contribution is -2.45. The second-order valence-corrected chi connectivity index (χ2v) is 7.87. The monoisotopic (exact) mass is 419 g/mol. The highest BCUT2D eigenvalue weighted by Crippen LogP contribution is 2.26. The van der Waals surface area contributed by atoms with Crippen LogP contribution in [-0.4, -0.2) is 43.4 Å². The number of para-hydroxylation sites is 1. The Kier molecular flexibility index (Phi) is 6.47. The van der Waals surface area contributed by atoms with Crippen LogP contribution < -0.4 is 10.2 Å². The maximum atomic E-state index is 12.9. The highest BCUT2D eigenvalue weighted by atomic mass is 35.5. The van der Waals surface area contributed by atoms with Crippen LogP contribution in [0.2, 0.25) is 10.0 Å². The number of anilines is 1. The molecule has 28 heavy (non-hydrogen) atoms. The van der Waals surface area contributed by atoms with Crippen molar-refractivity contribution in [1.29, 1.82) is 0 Å². The van der Waals surface area contributed by atoms with Gasteiger partial charge in [0, 0.05) is 37.9 Å². The molecular weight excluding hydrogens is 397 g/mol. The molecule has 1 saturated heterocycles. The predicted octanol–water partition coefficient (Wildman–Crippen LogP) is 3.98. The summed E-state index contributed by atoms with van der Waals surface area (Å²) in [4.78, 5) is 29.4. The Labute approximate surface area is 175 Å². The molecule has 0 aliphatic carbocycles. The molecular formula is C21H23Cl2N3O2. The van der Waals surface area contributed by atoms with E-state index in [0.29, 0.717) is 35.1 Å². The molecule has 0 spiro atoms. The first kappa shape index (κ1) is 20.5. The smallest absolute Gasteiger partial charge is 0.256 e. The Morgan fingerprint density at radius 2 is 1.93 bits per heavy atom. The summed E-state index contributed by atoms with van der Waals surface area (Å²) in [6.45, 7) is 0.928. The Morgan fingerprint density at radius 1 is 1.18 bits per heavy atom. The standard InChI is InChI=1S/C21H23Cl2N3O2/c1-25(2)18-7-4-3-6-14(18)13-24-20(27)19-8-5-11-26(19)21(28)16-12-15(22)9-10-17(16)23/h3-4,6-7,9-10,12,19H,5,8,11,13H2,1-2H3,(H,24,27). The molecule has 148 valence electrons. The van der Waals surface area contributed by atoms with Crippen LogP contribution >= 0.6 is 23.2 Å². The molecule has 2 aromatic carbocycles. The highest BCUT2D eigenvalue weighted by Gasteiger charge is 2.35. The summed E-state index contributed by atoms with van der Waals surface area (Å²) in [7, 11) is 3.93. The maximum absolute atomic E-state index is 12.9. The molecule has 1 fully saturated rings. The topological polar surface area (TPSA) is 52.7 Å². The van der Waals surface area contributed by atoms with Crippen molar-refractivity contribution in [3.63, 3.8) is 0 Å². The van der Waals surface area contributed by atoms with E-state index in [9.17, 15) is 9.59 Å². The van der Waals surface area contributed by atoms with Crippen LogP contribution in [0.1, 0.15) is 28.8 Å². The molecule has 1 N–H and O–H groups in total. The summed E-state index contributed by atoms with van der Waals surface area (Å²) >= 11 is 12.2. The Morgan fingerprint density at radius 3 is 2.68 bits per heavy atom. The van der Waals surface area contributed by atoms with Crippen LogP contribution in [0.4, 0.5) is 5.69 Å². The first-order valence-corrected chi connectivity index (χ1v) is 9.93. The first-order valence-electron chi connectivity index (χ1n) is 9.17. The molecule has 2 aromatic rings. The summed E-state index contributed by atoms with van der Waals surface area (Å²) in [5.41, 5.74) is 2.40. The van der Waals surface area contributed by atoms with Crippen LogP contribution in [0.25, 0.3) is 0 Å². The van der Waals surface area contributed by atoms with Gasteiger partial charge in [-0.1, -0.05) is 41.4 Å². The molecule has 0 radical (unpaired) electrons. The van der Waals surface area contributed by atoms with Crippen molar-refractivity contribution in [2.24, 2.45) is 0 Å². The van der Waals surface area contributed by atoms with Crippen molar-refractivity contribution in [3.8, 4) is 0 Å². The molecule has 0 saturated carbocycles. The SMILES string of the molecule is CN(C)c1ccccc1CNC(=O)C1CCCN1C(=O)c1cc(Cl)ccc1Cl. The van der Waals surface area contributed by atoms with Gasteiger partial charge in [0.1, 0.15) is 6.04 Å². The van der Waals surface area contributed by atoms with Gasteiger partial charge in [0.15, 0.2) is 0 Å². The third kappa shape index (κ3) is 4.42. The second kappa shape index (κ2) is 8.84. The summed E-state index contributed by atoms with van der Waals surface area (Å²) in [6.07, 6.45) is 1.40. The highest BCUT2D eigenvalue weighted by molar-refractivity contribution is 6.35. The number of rotatable bonds is 5. The molecule has 0 bridgehead atoms. The van der Waals surface area contributed by atoms with Crippen molar-refractivity contribution in [3.05, 3.63) is 63.6 Å². The van der Waals surface area contributed by atoms with Crippen molar-refractivity contribution >= 4 is 40.7 Å². The zero-order valence-electron chi connectivity index (χ0n) is 15.9. The van der Waals surface area contributed by atoms with Crippen LogP contribution in [0.5, 0.6) is 0 Å². The van der Waals surface area contributed by atoms with E-state index >= 15 is 0 Å². The van der Waals surface area contributed by atoms with E-state index in [1.165, 1.54) is 0 Å². The fourth-order valence-electron chi connectivity index (χ4n) is 3.50. The molecule has 3 rings (SSSR count). The van der Waals surface area contributed by atoms with Gasteiger partial charge < -0.3 is 15.1 Å². The maximum Gasteiger partial charge on any atom is 0.256 e. The van der Waals surface area contributed by atoms with E-state index in [1.54, 1.807) is 23.1 Å². The van der Waals surface area contributed by atoms with E-state index < -0.39 is 6.04 Å².